The van der Waals surface area contributed by atoms with Crippen LogP contribution in [0.5, 0.6) is 11.5 Å². The molecule has 0 atom stereocenters. The van der Waals surface area contributed by atoms with Gasteiger partial charge in [0, 0.05) is 12.0 Å². The van der Waals surface area contributed by atoms with E-state index in [4.69, 9.17) is 9.47 Å². The Bertz CT molecular complexity index is 1110. The molecular weight excluding hydrogens is 418 g/mol. The van der Waals surface area contributed by atoms with E-state index in [2.05, 4.69) is 15.8 Å². The van der Waals surface area contributed by atoms with Crippen molar-refractivity contribution in [3.05, 3.63) is 71.8 Å². The first-order chi connectivity index (χ1) is 16.1. The second kappa shape index (κ2) is 12.2. The summed E-state index contributed by atoms with van der Waals surface area (Å²) in [4.78, 5) is 24.1. The average molecular weight is 448 g/mol. The quantitative estimate of drug-likeness (QED) is 0.345. The fraction of sp³-hybridized carbons (Fsp3) is 0.269. The van der Waals surface area contributed by atoms with Gasteiger partial charge in [-0.1, -0.05) is 42.5 Å². The molecule has 3 rings (SSSR count). The Morgan fingerprint density at radius 2 is 1.79 bits per heavy atom. The Kier molecular flexibility index (Phi) is 8.82. The zero-order chi connectivity index (χ0) is 23.5. The molecule has 0 aromatic heterocycles. The largest absolute Gasteiger partial charge is 0.497 e. The van der Waals surface area contributed by atoms with Crippen molar-refractivity contribution in [3.8, 4) is 11.5 Å². The third-order valence-corrected chi connectivity index (χ3v) is 5.09. The van der Waals surface area contributed by atoms with Gasteiger partial charge in [0.2, 0.25) is 5.91 Å². The van der Waals surface area contributed by atoms with Crippen molar-refractivity contribution in [2.24, 2.45) is 5.10 Å². The number of amides is 2. The monoisotopic (exact) mass is 447 g/mol. The average Bonchev–Trinajstić information content (AvgIpc) is 2.84. The summed E-state index contributed by atoms with van der Waals surface area (Å²) >= 11 is 0. The molecular formula is C26H29N3O4. The second-order valence-corrected chi connectivity index (χ2v) is 7.40. The molecule has 3 aromatic rings. The molecule has 0 saturated heterocycles. The number of fused-ring (bicyclic) bond motifs is 1. The van der Waals surface area contributed by atoms with Crippen molar-refractivity contribution in [1.82, 2.24) is 10.7 Å². The number of nitrogens with one attached hydrogen (secondary N) is 2. The lowest BCUT2D eigenvalue weighted by molar-refractivity contribution is -0.126. The van der Waals surface area contributed by atoms with Crippen LogP contribution in [0.25, 0.3) is 10.8 Å². The van der Waals surface area contributed by atoms with E-state index in [1.807, 2.05) is 67.6 Å². The molecule has 3 aromatic carbocycles. The molecule has 172 valence electrons. The molecule has 0 saturated carbocycles. The summed E-state index contributed by atoms with van der Waals surface area (Å²) in [7, 11) is 1.63. The molecule has 33 heavy (non-hydrogen) atoms. The summed E-state index contributed by atoms with van der Waals surface area (Å²) < 4.78 is 10.8. The van der Waals surface area contributed by atoms with Crippen LogP contribution in [0.15, 0.2) is 65.8 Å². The fourth-order valence-corrected chi connectivity index (χ4v) is 3.41. The van der Waals surface area contributed by atoms with Crippen molar-refractivity contribution < 1.29 is 19.1 Å². The molecule has 0 aliphatic heterocycles. The minimum Gasteiger partial charge on any atom is -0.497 e. The van der Waals surface area contributed by atoms with Gasteiger partial charge in [0.1, 0.15) is 11.5 Å². The number of carbonyl (C=O) groups excluding carboxylic acids is 2. The summed E-state index contributed by atoms with van der Waals surface area (Å²) in [6.07, 6.45) is 3.39. The van der Waals surface area contributed by atoms with E-state index in [0.29, 0.717) is 25.2 Å². The number of ether oxygens (including phenoxy) is 2. The maximum atomic E-state index is 12.1. The number of carbonyl (C=O) groups is 2. The maximum Gasteiger partial charge on any atom is 0.259 e. The molecule has 0 aliphatic rings. The molecule has 0 aliphatic carbocycles. The first-order valence-electron chi connectivity index (χ1n) is 11.0. The topological polar surface area (TPSA) is 89.0 Å². The van der Waals surface area contributed by atoms with Gasteiger partial charge in [-0.2, -0.15) is 5.10 Å². The lowest BCUT2D eigenvalue weighted by Crippen LogP contribution is -2.34. The molecule has 7 nitrogen and oxygen atoms in total. The summed E-state index contributed by atoms with van der Waals surface area (Å²) in [5, 5.41) is 8.72. The highest BCUT2D eigenvalue weighted by Crippen LogP contribution is 2.26. The number of hydrazone groups is 1. The predicted molar refractivity (Wildman–Crippen MR) is 130 cm³/mol. The van der Waals surface area contributed by atoms with Gasteiger partial charge >= 0.3 is 0 Å². The zero-order valence-corrected chi connectivity index (χ0v) is 19.0. The van der Waals surface area contributed by atoms with Crippen LogP contribution in [0.1, 0.15) is 30.9 Å². The van der Waals surface area contributed by atoms with Gasteiger partial charge < -0.3 is 14.8 Å². The van der Waals surface area contributed by atoms with Crippen LogP contribution in [-0.4, -0.2) is 38.3 Å². The number of rotatable bonds is 11. The molecule has 0 unspecified atom stereocenters. The highest BCUT2D eigenvalue weighted by atomic mass is 16.5. The smallest absolute Gasteiger partial charge is 0.259 e. The first-order valence-corrected chi connectivity index (χ1v) is 11.0. The van der Waals surface area contributed by atoms with Crippen molar-refractivity contribution >= 4 is 28.8 Å². The van der Waals surface area contributed by atoms with E-state index in [-0.39, 0.29) is 12.5 Å². The Morgan fingerprint density at radius 1 is 1.00 bits per heavy atom. The van der Waals surface area contributed by atoms with Crippen LogP contribution in [0.3, 0.4) is 0 Å². The zero-order valence-electron chi connectivity index (χ0n) is 19.0. The van der Waals surface area contributed by atoms with Gasteiger partial charge in [-0.25, -0.2) is 5.43 Å². The third kappa shape index (κ3) is 7.07. The highest BCUT2D eigenvalue weighted by molar-refractivity contribution is 6.02. The van der Waals surface area contributed by atoms with Crippen LogP contribution >= 0.6 is 0 Å². The van der Waals surface area contributed by atoms with Crippen LogP contribution in [-0.2, 0) is 16.0 Å². The number of aryl methyl sites for hydroxylation is 1. The van der Waals surface area contributed by atoms with Gasteiger partial charge in [0.15, 0.2) is 0 Å². The van der Waals surface area contributed by atoms with Crippen LogP contribution in [0.2, 0.25) is 0 Å². The third-order valence-electron chi connectivity index (χ3n) is 5.09. The summed E-state index contributed by atoms with van der Waals surface area (Å²) in [5.41, 5.74) is 4.39. The number of benzene rings is 3. The van der Waals surface area contributed by atoms with Gasteiger partial charge in [-0.15, -0.1) is 0 Å². The van der Waals surface area contributed by atoms with Crippen molar-refractivity contribution in [2.45, 2.75) is 26.2 Å². The molecule has 0 spiro atoms. The van der Waals surface area contributed by atoms with E-state index in [1.54, 1.807) is 13.3 Å². The Hall–Kier alpha value is -3.87. The number of hydrogen-bond acceptors (Lipinski definition) is 5. The van der Waals surface area contributed by atoms with Crippen LogP contribution in [0, 0.1) is 0 Å². The SMILES string of the molecule is CCOc1ccc2ccccc2c1C=NNC(=O)CNC(=O)CCCc1ccc(OC)cc1. The summed E-state index contributed by atoms with van der Waals surface area (Å²) in [6, 6.07) is 19.5. The van der Waals surface area contributed by atoms with Crippen LogP contribution in [0.4, 0.5) is 0 Å². The Balaban J connectivity index is 1.45. The maximum absolute atomic E-state index is 12.1. The summed E-state index contributed by atoms with van der Waals surface area (Å²) in [5.74, 6) is 0.933. The van der Waals surface area contributed by atoms with E-state index < -0.39 is 5.91 Å². The Labute approximate surface area is 193 Å². The molecule has 0 bridgehead atoms. The molecule has 0 fully saturated rings. The van der Waals surface area contributed by atoms with E-state index in [0.717, 1.165) is 34.1 Å². The van der Waals surface area contributed by atoms with Crippen molar-refractivity contribution in [1.29, 1.82) is 0 Å². The number of nitrogens with zero attached hydrogens (tertiary/aromatic N) is 1. The second-order valence-electron chi connectivity index (χ2n) is 7.40. The van der Waals surface area contributed by atoms with Gasteiger partial charge in [0.25, 0.3) is 5.91 Å². The van der Waals surface area contributed by atoms with Gasteiger partial charge in [-0.05, 0) is 54.3 Å². The lowest BCUT2D eigenvalue weighted by atomic mass is 10.0. The minimum absolute atomic E-state index is 0.132. The molecule has 0 radical (unpaired) electrons. The standard InChI is InChI=1S/C26H29N3O4/c1-3-33-24-16-13-20-8-4-5-9-22(20)23(24)17-28-29-26(31)18-27-25(30)10-6-7-19-11-14-21(32-2)15-12-19/h4-5,8-9,11-17H,3,6-7,10,18H2,1-2H3,(H,27,30)(H,29,31). The van der Waals surface area contributed by atoms with E-state index in [9.17, 15) is 9.59 Å². The fourth-order valence-electron chi connectivity index (χ4n) is 3.41. The molecule has 7 heteroatoms. The molecule has 2 N–H and O–H groups in total. The van der Waals surface area contributed by atoms with Crippen molar-refractivity contribution in [2.75, 3.05) is 20.3 Å². The van der Waals surface area contributed by atoms with Gasteiger partial charge in [0.05, 0.1) is 26.5 Å². The lowest BCUT2D eigenvalue weighted by Gasteiger charge is -2.10. The van der Waals surface area contributed by atoms with E-state index >= 15 is 0 Å². The molecule has 2 amide bonds. The predicted octanol–water partition coefficient (Wildman–Crippen LogP) is 3.84. The minimum atomic E-state index is -0.395. The Morgan fingerprint density at radius 3 is 2.55 bits per heavy atom. The first kappa shape index (κ1) is 23.8. The van der Waals surface area contributed by atoms with Gasteiger partial charge in [-0.3, -0.25) is 9.59 Å². The molecule has 0 heterocycles. The summed E-state index contributed by atoms with van der Waals surface area (Å²) in [6.45, 7) is 2.31. The van der Waals surface area contributed by atoms with Crippen LogP contribution < -0.4 is 20.2 Å². The highest BCUT2D eigenvalue weighted by Gasteiger charge is 2.08. The van der Waals surface area contributed by atoms with Crippen molar-refractivity contribution in [3.63, 3.8) is 0 Å². The number of hydrogen-bond donors (Lipinski definition) is 2. The number of methoxy groups -OCH3 is 1. The normalized spacial score (nSPS) is 10.8. The van der Waals surface area contributed by atoms with E-state index in [1.165, 1.54) is 0 Å².